The molecule has 0 bridgehead atoms. The number of hydrogen-bond acceptors (Lipinski definition) is 3. The van der Waals surface area contributed by atoms with Gasteiger partial charge in [-0.25, -0.2) is 4.79 Å². The fourth-order valence-corrected chi connectivity index (χ4v) is 3.25. The summed E-state index contributed by atoms with van der Waals surface area (Å²) in [6, 6.07) is 15.2. The van der Waals surface area contributed by atoms with Crippen molar-refractivity contribution in [3.8, 4) is 5.75 Å². The molecule has 1 atom stereocenters. The molecule has 1 aliphatic carbocycles. The van der Waals surface area contributed by atoms with Crippen molar-refractivity contribution in [2.45, 2.75) is 44.2 Å². The number of carboxylic acid groups (broad SMARTS) is 1. The number of benzene rings is 2. The molecule has 0 saturated heterocycles. The molecular weight excluding hydrogens is 344 g/mol. The average molecular weight is 368 g/mol. The van der Waals surface area contributed by atoms with Crippen molar-refractivity contribution in [1.82, 2.24) is 5.32 Å². The number of nitrogens with one attached hydrogen (secondary N) is 2. The normalized spacial score (nSPS) is 15.1. The van der Waals surface area contributed by atoms with E-state index in [9.17, 15) is 14.7 Å². The highest BCUT2D eigenvalue weighted by atomic mass is 16.5. The summed E-state index contributed by atoms with van der Waals surface area (Å²) < 4.78 is 5.94. The van der Waals surface area contributed by atoms with Crippen LogP contribution in [0.5, 0.6) is 5.75 Å². The van der Waals surface area contributed by atoms with Crippen molar-refractivity contribution in [2.75, 3.05) is 5.32 Å². The Morgan fingerprint density at radius 1 is 1.04 bits per heavy atom. The van der Waals surface area contributed by atoms with Crippen LogP contribution >= 0.6 is 0 Å². The molecule has 0 unspecified atom stereocenters. The van der Waals surface area contributed by atoms with Crippen LogP contribution in [0.1, 0.15) is 43.7 Å². The van der Waals surface area contributed by atoms with E-state index in [4.69, 9.17) is 4.74 Å². The highest BCUT2D eigenvalue weighted by molar-refractivity contribution is 5.89. The fraction of sp³-hybridized carbons (Fsp3) is 0.333. The van der Waals surface area contributed by atoms with Crippen LogP contribution in [0, 0.1) is 0 Å². The van der Waals surface area contributed by atoms with Gasteiger partial charge >= 0.3 is 12.0 Å². The van der Waals surface area contributed by atoms with E-state index >= 15 is 0 Å². The van der Waals surface area contributed by atoms with Gasteiger partial charge in [0.15, 0.2) is 0 Å². The Kier molecular flexibility index (Phi) is 6.30. The lowest BCUT2D eigenvalue weighted by atomic mass is 10.0. The minimum Gasteiger partial charge on any atom is -0.490 e. The molecule has 6 heteroatoms. The molecule has 1 fully saturated rings. The molecule has 142 valence electrons. The largest absolute Gasteiger partial charge is 0.490 e. The monoisotopic (exact) mass is 368 g/mol. The van der Waals surface area contributed by atoms with E-state index in [2.05, 4.69) is 10.6 Å². The van der Waals surface area contributed by atoms with Crippen molar-refractivity contribution >= 4 is 17.7 Å². The minimum atomic E-state index is -0.980. The predicted molar refractivity (Wildman–Crippen MR) is 103 cm³/mol. The van der Waals surface area contributed by atoms with Crippen molar-refractivity contribution < 1.29 is 19.4 Å². The summed E-state index contributed by atoms with van der Waals surface area (Å²) in [5.41, 5.74) is 1.36. The van der Waals surface area contributed by atoms with Gasteiger partial charge in [0.25, 0.3) is 0 Å². The van der Waals surface area contributed by atoms with Gasteiger partial charge in [0.1, 0.15) is 5.75 Å². The van der Waals surface area contributed by atoms with Crippen LogP contribution in [-0.4, -0.2) is 23.2 Å². The highest BCUT2D eigenvalue weighted by Crippen LogP contribution is 2.26. The Labute approximate surface area is 158 Å². The number of hydrogen-bond donors (Lipinski definition) is 3. The van der Waals surface area contributed by atoms with Crippen molar-refractivity contribution in [1.29, 1.82) is 0 Å². The molecule has 6 nitrogen and oxygen atoms in total. The molecule has 1 saturated carbocycles. The maximum atomic E-state index is 12.2. The summed E-state index contributed by atoms with van der Waals surface area (Å²) in [6.45, 7) is 0. The Bertz CT molecular complexity index is 756. The molecule has 0 spiro atoms. The van der Waals surface area contributed by atoms with Crippen LogP contribution in [0.25, 0.3) is 0 Å². The van der Waals surface area contributed by atoms with Crippen molar-refractivity contribution in [3.63, 3.8) is 0 Å². The second-order valence-electron chi connectivity index (χ2n) is 6.71. The second-order valence-corrected chi connectivity index (χ2v) is 6.71. The number of carboxylic acids is 1. The number of carbonyl (C=O) groups is 2. The molecule has 27 heavy (non-hydrogen) atoms. The summed E-state index contributed by atoms with van der Waals surface area (Å²) >= 11 is 0. The van der Waals surface area contributed by atoms with Crippen molar-refractivity contribution in [3.05, 3.63) is 60.2 Å². The molecule has 2 amide bonds. The molecule has 0 heterocycles. The first-order valence-corrected chi connectivity index (χ1v) is 9.21. The van der Waals surface area contributed by atoms with E-state index in [0.29, 0.717) is 5.69 Å². The van der Waals surface area contributed by atoms with Crippen LogP contribution in [0.15, 0.2) is 54.6 Å². The number of ether oxygens (including phenoxy) is 1. The van der Waals surface area contributed by atoms with Gasteiger partial charge in [0.05, 0.1) is 18.6 Å². The molecule has 2 aromatic carbocycles. The molecule has 0 radical (unpaired) electrons. The van der Waals surface area contributed by atoms with E-state index < -0.39 is 18.0 Å². The minimum absolute atomic E-state index is 0.203. The molecule has 3 N–H and O–H groups in total. The Hall–Kier alpha value is -3.02. The first-order valence-electron chi connectivity index (χ1n) is 9.21. The first-order chi connectivity index (χ1) is 13.1. The van der Waals surface area contributed by atoms with Gasteiger partial charge in [0, 0.05) is 5.69 Å². The predicted octanol–water partition coefficient (Wildman–Crippen LogP) is 4.35. The summed E-state index contributed by atoms with van der Waals surface area (Å²) in [5, 5.41) is 14.6. The summed E-state index contributed by atoms with van der Waals surface area (Å²) in [5.74, 6) is -0.209. The maximum Gasteiger partial charge on any atom is 0.319 e. The van der Waals surface area contributed by atoms with E-state index in [-0.39, 0.29) is 12.5 Å². The van der Waals surface area contributed by atoms with Crippen LogP contribution in [0.3, 0.4) is 0 Å². The smallest absolute Gasteiger partial charge is 0.319 e. The van der Waals surface area contributed by atoms with Crippen LogP contribution in [-0.2, 0) is 4.79 Å². The van der Waals surface area contributed by atoms with Crippen LogP contribution in [0.2, 0.25) is 0 Å². The number of anilines is 1. The third-order valence-electron chi connectivity index (χ3n) is 4.60. The number of urea groups is 1. The van der Waals surface area contributed by atoms with Gasteiger partial charge < -0.3 is 20.5 Å². The summed E-state index contributed by atoms with van der Waals surface area (Å²) in [6.07, 6.45) is 4.61. The molecule has 0 aromatic heterocycles. The van der Waals surface area contributed by atoms with Crippen molar-refractivity contribution in [2.24, 2.45) is 0 Å². The van der Waals surface area contributed by atoms with E-state index in [1.807, 2.05) is 30.3 Å². The van der Waals surface area contributed by atoms with Gasteiger partial charge in [0.2, 0.25) is 0 Å². The Balaban J connectivity index is 1.64. The fourth-order valence-electron chi connectivity index (χ4n) is 3.25. The molecule has 3 rings (SSSR count). The third kappa shape index (κ3) is 5.74. The van der Waals surface area contributed by atoms with Gasteiger partial charge in [-0.3, -0.25) is 4.79 Å². The third-order valence-corrected chi connectivity index (χ3v) is 4.60. The SMILES string of the molecule is O=C(O)C[C@@H](NC(=O)Nc1ccccc1)c1ccc(OC2CCCC2)cc1. The first kappa shape index (κ1) is 18.8. The topological polar surface area (TPSA) is 87.7 Å². The Morgan fingerprint density at radius 2 is 1.70 bits per heavy atom. The summed E-state index contributed by atoms with van der Waals surface area (Å²) in [7, 11) is 0. The number of rotatable bonds is 7. The van der Waals surface area contributed by atoms with Gasteiger partial charge in [-0.15, -0.1) is 0 Å². The number of carbonyl (C=O) groups excluding carboxylic acids is 1. The van der Waals surface area contributed by atoms with E-state index in [0.717, 1.165) is 24.2 Å². The zero-order chi connectivity index (χ0) is 19.1. The number of para-hydroxylation sites is 1. The average Bonchev–Trinajstić information content (AvgIpc) is 3.15. The quantitative estimate of drug-likeness (QED) is 0.678. The Morgan fingerprint density at radius 3 is 2.33 bits per heavy atom. The molecule has 1 aliphatic rings. The number of aliphatic carboxylic acids is 1. The zero-order valence-electron chi connectivity index (χ0n) is 15.1. The van der Waals surface area contributed by atoms with Gasteiger partial charge in [-0.1, -0.05) is 30.3 Å². The lowest BCUT2D eigenvalue weighted by Crippen LogP contribution is -2.33. The lowest BCUT2D eigenvalue weighted by molar-refractivity contribution is -0.137. The van der Waals surface area contributed by atoms with Gasteiger partial charge in [-0.2, -0.15) is 0 Å². The molecular formula is C21H24N2O4. The summed E-state index contributed by atoms with van der Waals surface area (Å²) in [4.78, 5) is 23.5. The lowest BCUT2D eigenvalue weighted by Gasteiger charge is -2.19. The number of amides is 2. The van der Waals surface area contributed by atoms with Gasteiger partial charge in [-0.05, 0) is 55.5 Å². The highest BCUT2D eigenvalue weighted by Gasteiger charge is 2.20. The van der Waals surface area contributed by atoms with Crippen LogP contribution < -0.4 is 15.4 Å². The van der Waals surface area contributed by atoms with Crippen LogP contribution in [0.4, 0.5) is 10.5 Å². The second kappa shape index (κ2) is 9.07. The standard InChI is InChI=1S/C21H24N2O4/c24-20(25)14-19(23-21(26)22-16-6-2-1-3-7-16)15-10-12-18(13-11-15)27-17-8-4-5-9-17/h1-3,6-7,10-13,17,19H,4-5,8-9,14H2,(H,24,25)(H2,22,23,26)/t19-/m1/s1. The molecule has 2 aromatic rings. The molecule has 0 aliphatic heterocycles. The zero-order valence-corrected chi connectivity index (χ0v) is 15.1. The van der Waals surface area contributed by atoms with E-state index in [1.165, 1.54) is 12.8 Å². The van der Waals surface area contributed by atoms with E-state index in [1.54, 1.807) is 24.3 Å². The maximum absolute atomic E-state index is 12.2.